The lowest BCUT2D eigenvalue weighted by atomic mass is 10.0. The van der Waals surface area contributed by atoms with E-state index in [9.17, 15) is 4.79 Å². The number of aromatic nitrogens is 2. The smallest absolute Gasteiger partial charge is 0.162 e. The molecule has 156 valence electrons. The van der Waals surface area contributed by atoms with E-state index in [-0.39, 0.29) is 5.78 Å². The summed E-state index contributed by atoms with van der Waals surface area (Å²) in [5, 5.41) is 4.43. The zero-order chi connectivity index (χ0) is 21.6. The van der Waals surface area contributed by atoms with E-state index in [1.165, 1.54) is 5.56 Å². The van der Waals surface area contributed by atoms with Crippen LogP contribution in [0, 0.1) is 0 Å². The van der Waals surface area contributed by atoms with Crippen molar-refractivity contribution >= 4 is 28.2 Å². The van der Waals surface area contributed by atoms with Gasteiger partial charge in [-0.3, -0.25) is 0 Å². The molecule has 5 nitrogen and oxygen atoms in total. The molecule has 0 aliphatic heterocycles. The molecule has 0 aliphatic carbocycles. The van der Waals surface area contributed by atoms with E-state index >= 15 is 0 Å². The molecule has 0 unspecified atom stereocenters. The van der Waals surface area contributed by atoms with Gasteiger partial charge < -0.3 is 15.8 Å². The Morgan fingerprint density at radius 3 is 2.52 bits per heavy atom. The number of hydrogen-bond donors (Lipinski definition) is 2. The minimum atomic E-state index is 0.188. The number of rotatable bonds is 8. The highest BCUT2D eigenvalue weighted by atomic mass is 16.1. The van der Waals surface area contributed by atoms with Gasteiger partial charge in [0.05, 0.1) is 5.52 Å². The van der Waals surface area contributed by atoms with Gasteiger partial charge in [-0.25, -0.2) is 9.97 Å². The summed E-state index contributed by atoms with van der Waals surface area (Å²) >= 11 is 0. The average Bonchev–Trinajstić information content (AvgIpc) is 2.78. The number of ketones is 1. The normalized spacial score (nSPS) is 10.9. The Morgan fingerprint density at radius 1 is 0.903 bits per heavy atom. The molecule has 0 atom stereocenters. The fourth-order valence-electron chi connectivity index (χ4n) is 3.57. The Labute approximate surface area is 182 Å². The number of aryl methyl sites for hydroxylation is 1. The summed E-state index contributed by atoms with van der Waals surface area (Å²) in [6.45, 7) is 2.38. The number of nitrogens with one attached hydrogen (secondary N) is 1. The van der Waals surface area contributed by atoms with Crippen molar-refractivity contribution in [2.45, 2.75) is 26.2 Å². The zero-order valence-corrected chi connectivity index (χ0v) is 17.6. The summed E-state index contributed by atoms with van der Waals surface area (Å²) in [4.78, 5) is 21.0. The van der Waals surface area contributed by atoms with E-state index in [4.69, 9.17) is 15.7 Å². The van der Waals surface area contributed by atoms with Crippen LogP contribution < -0.4 is 11.1 Å². The molecular formula is C26H26N4O. The molecule has 0 aliphatic rings. The monoisotopic (exact) mass is 410 g/mol. The molecular weight excluding hydrogens is 384 g/mol. The molecule has 0 bridgehead atoms. The summed E-state index contributed by atoms with van der Waals surface area (Å²) in [5.41, 5.74) is 10.8. The average molecular weight is 411 g/mol. The molecule has 0 radical (unpaired) electrons. The third-order valence-corrected chi connectivity index (χ3v) is 5.22. The Morgan fingerprint density at radius 2 is 1.71 bits per heavy atom. The lowest BCUT2D eigenvalue weighted by Crippen LogP contribution is -2.08. The van der Waals surface area contributed by atoms with Crippen molar-refractivity contribution < 1.29 is 4.79 Å². The predicted molar refractivity (Wildman–Crippen MR) is 127 cm³/mol. The van der Waals surface area contributed by atoms with Gasteiger partial charge in [0.25, 0.3) is 0 Å². The van der Waals surface area contributed by atoms with E-state index < -0.39 is 0 Å². The number of nitrogen functional groups attached to an aromatic ring is 1. The quantitative estimate of drug-likeness (QED) is 0.397. The van der Waals surface area contributed by atoms with Crippen LogP contribution in [0.4, 0.5) is 11.5 Å². The molecule has 1 heterocycles. The van der Waals surface area contributed by atoms with Crippen molar-refractivity contribution in [3.05, 3.63) is 83.9 Å². The molecule has 0 fully saturated rings. The number of carbonyl (C=O) groups excluding carboxylic acids is 1. The molecule has 0 amide bonds. The number of nitrogens with zero attached hydrogens (tertiary/aromatic N) is 2. The largest absolute Gasteiger partial charge is 0.399 e. The summed E-state index contributed by atoms with van der Waals surface area (Å²) in [7, 11) is 0. The number of carbonyl (C=O) groups is 1. The Kier molecular flexibility index (Phi) is 6.22. The molecule has 4 rings (SSSR count). The standard InChI is InChI=1S/C26H26N4O/c1-18(31)10-11-20-8-5-9-21(16-20)25-29-24-17-22(27)12-13-23(24)26(30-25)28-15-14-19-6-3-2-4-7-19/h2-9,12-13,16-17H,10-11,14-15,27H2,1H3,(H,28,29,30). The lowest BCUT2D eigenvalue weighted by molar-refractivity contribution is -0.116. The molecule has 31 heavy (non-hydrogen) atoms. The van der Waals surface area contributed by atoms with E-state index in [0.29, 0.717) is 24.4 Å². The van der Waals surface area contributed by atoms with Crippen LogP contribution in [-0.2, 0) is 17.6 Å². The Balaban J connectivity index is 1.64. The van der Waals surface area contributed by atoms with Crippen LogP contribution in [0.15, 0.2) is 72.8 Å². The zero-order valence-electron chi connectivity index (χ0n) is 17.6. The van der Waals surface area contributed by atoms with Crippen molar-refractivity contribution in [1.29, 1.82) is 0 Å². The SMILES string of the molecule is CC(=O)CCc1cccc(-c2nc(NCCc3ccccc3)c3ccc(N)cc3n2)c1. The van der Waals surface area contributed by atoms with Crippen LogP contribution in [0.3, 0.4) is 0 Å². The molecule has 4 aromatic rings. The van der Waals surface area contributed by atoms with Crippen molar-refractivity contribution in [2.75, 3.05) is 17.6 Å². The van der Waals surface area contributed by atoms with Crippen LogP contribution >= 0.6 is 0 Å². The van der Waals surface area contributed by atoms with Crippen LogP contribution in [0.1, 0.15) is 24.5 Å². The van der Waals surface area contributed by atoms with Crippen molar-refractivity contribution in [2.24, 2.45) is 0 Å². The first-order valence-electron chi connectivity index (χ1n) is 10.5. The Bertz CT molecular complexity index is 1200. The van der Waals surface area contributed by atoms with Gasteiger partial charge in [-0.15, -0.1) is 0 Å². The second kappa shape index (κ2) is 9.39. The molecule has 0 saturated carbocycles. The summed E-state index contributed by atoms with van der Waals surface area (Å²) in [5.74, 6) is 1.63. The highest BCUT2D eigenvalue weighted by molar-refractivity contribution is 5.92. The number of hydrogen-bond acceptors (Lipinski definition) is 5. The predicted octanol–water partition coefficient (Wildman–Crippen LogP) is 5.06. The van der Waals surface area contributed by atoms with Crippen LogP contribution in [-0.4, -0.2) is 22.3 Å². The number of benzene rings is 3. The van der Waals surface area contributed by atoms with Gasteiger partial charge in [0, 0.05) is 29.6 Å². The first kappa shape index (κ1) is 20.5. The highest BCUT2D eigenvalue weighted by Gasteiger charge is 2.11. The molecule has 0 spiro atoms. The number of anilines is 2. The fraction of sp³-hybridized carbons (Fsp3) is 0.192. The molecule has 5 heteroatoms. The molecule has 3 N–H and O–H groups in total. The minimum Gasteiger partial charge on any atom is -0.399 e. The van der Waals surface area contributed by atoms with Gasteiger partial charge in [0.2, 0.25) is 0 Å². The number of nitrogens with two attached hydrogens (primary N) is 1. The van der Waals surface area contributed by atoms with Crippen LogP contribution in [0.2, 0.25) is 0 Å². The maximum Gasteiger partial charge on any atom is 0.162 e. The first-order chi connectivity index (χ1) is 15.1. The maximum absolute atomic E-state index is 11.4. The van der Waals surface area contributed by atoms with Gasteiger partial charge in [0.15, 0.2) is 5.82 Å². The molecule has 1 aromatic heterocycles. The number of fused-ring (bicyclic) bond motifs is 1. The van der Waals surface area contributed by atoms with Gasteiger partial charge in [-0.1, -0.05) is 48.5 Å². The van der Waals surface area contributed by atoms with Crippen molar-refractivity contribution in [3.8, 4) is 11.4 Å². The van der Waals surface area contributed by atoms with Crippen LogP contribution in [0.25, 0.3) is 22.3 Å². The second-order valence-corrected chi connectivity index (χ2v) is 7.74. The lowest BCUT2D eigenvalue weighted by Gasteiger charge is -2.12. The minimum absolute atomic E-state index is 0.188. The van der Waals surface area contributed by atoms with E-state index in [1.54, 1.807) is 6.92 Å². The Hall–Kier alpha value is -3.73. The number of Topliss-reactive ketones (excluding diaryl/α,β-unsaturated/α-hetero) is 1. The second-order valence-electron chi connectivity index (χ2n) is 7.74. The first-order valence-corrected chi connectivity index (χ1v) is 10.5. The van der Waals surface area contributed by atoms with Gasteiger partial charge in [0.1, 0.15) is 11.6 Å². The maximum atomic E-state index is 11.4. The van der Waals surface area contributed by atoms with Crippen molar-refractivity contribution in [3.63, 3.8) is 0 Å². The van der Waals surface area contributed by atoms with Crippen molar-refractivity contribution in [1.82, 2.24) is 9.97 Å². The fourth-order valence-corrected chi connectivity index (χ4v) is 3.57. The molecule has 3 aromatic carbocycles. The summed E-state index contributed by atoms with van der Waals surface area (Å²) in [6, 6.07) is 24.2. The molecule has 0 saturated heterocycles. The third-order valence-electron chi connectivity index (χ3n) is 5.22. The van der Waals surface area contributed by atoms with Gasteiger partial charge in [-0.05, 0) is 55.2 Å². The summed E-state index contributed by atoms with van der Waals surface area (Å²) < 4.78 is 0. The van der Waals surface area contributed by atoms with Gasteiger partial charge in [-0.2, -0.15) is 0 Å². The third kappa shape index (κ3) is 5.25. The summed E-state index contributed by atoms with van der Waals surface area (Å²) in [6.07, 6.45) is 2.15. The highest BCUT2D eigenvalue weighted by Crippen LogP contribution is 2.27. The van der Waals surface area contributed by atoms with Crippen LogP contribution in [0.5, 0.6) is 0 Å². The van der Waals surface area contributed by atoms with E-state index in [2.05, 4.69) is 35.6 Å². The van der Waals surface area contributed by atoms with E-state index in [0.717, 1.165) is 40.8 Å². The van der Waals surface area contributed by atoms with Gasteiger partial charge >= 0.3 is 0 Å². The topological polar surface area (TPSA) is 80.9 Å². The van der Waals surface area contributed by atoms with E-state index in [1.807, 2.05) is 42.5 Å².